The second-order valence-electron chi connectivity index (χ2n) is 6.65. The third kappa shape index (κ3) is 3.93. The molecule has 2 aromatic heterocycles. The number of piperidine rings is 1. The third-order valence-corrected chi connectivity index (χ3v) is 4.30. The summed E-state index contributed by atoms with van der Waals surface area (Å²) in [7, 11) is 0. The van der Waals surface area contributed by atoms with Crippen molar-refractivity contribution in [1.82, 2.24) is 15.5 Å². The molecule has 2 aromatic rings. The summed E-state index contributed by atoms with van der Waals surface area (Å²) in [5.41, 5.74) is 0.728. The fourth-order valence-corrected chi connectivity index (χ4v) is 2.87. The molecule has 0 atom stereocenters. The van der Waals surface area contributed by atoms with Crippen LogP contribution in [0, 0.1) is 11.8 Å². The first-order valence-electron chi connectivity index (χ1n) is 8.53. The number of nitrogens with one attached hydrogen (secondary N) is 1. The Morgan fingerprint density at radius 2 is 2.08 bits per heavy atom. The van der Waals surface area contributed by atoms with Crippen LogP contribution in [-0.4, -0.2) is 35.7 Å². The number of furan rings is 1. The van der Waals surface area contributed by atoms with Gasteiger partial charge in [-0.05, 0) is 43.0 Å². The van der Waals surface area contributed by atoms with E-state index in [2.05, 4.69) is 34.3 Å². The Hall–Kier alpha value is -2.37. The molecule has 0 bridgehead atoms. The normalized spacial score (nSPS) is 15.7. The van der Waals surface area contributed by atoms with E-state index in [4.69, 9.17) is 4.42 Å². The summed E-state index contributed by atoms with van der Waals surface area (Å²) in [6, 6.07) is 7.58. The highest BCUT2D eigenvalue weighted by Gasteiger charge is 2.25. The SMILES string of the molecule is CC(C)CNC(=O)C1CCN(c2ccc(-c3ccco3)nn2)CC1. The Kier molecular flexibility index (Phi) is 5.13. The average molecular weight is 328 g/mol. The van der Waals surface area contributed by atoms with E-state index in [-0.39, 0.29) is 11.8 Å². The van der Waals surface area contributed by atoms with Gasteiger partial charge in [-0.25, -0.2) is 0 Å². The molecule has 6 nitrogen and oxygen atoms in total. The fraction of sp³-hybridized carbons (Fsp3) is 0.500. The molecule has 1 aliphatic rings. The second kappa shape index (κ2) is 7.47. The van der Waals surface area contributed by atoms with Crippen molar-refractivity contribution in [3.63, 3.8) is 0 Å². The molecule has 0 aliphatic carbocycles. The second-order valence-corrected chi connectivity index (χ2v) is 6.65. The van der Waals surface area contributed by atoms with Crippen molar-refractivity contribution in [2.45, 2.75) is 26.7 Å². The minimum absolute atomic E-state index is 0.107. The maximum atomic E-state index is 12.2. The van der Waals surface area contributed by atoms with E-state index in [0.717, 1.165) is 49.7 Å². The molecule has 3 rings (SSSR count). The molecule has 1 saturated heterocycles. The first kappa shape index (κ1) is 16.5. The third-order valence-electron chi connectivity index (χ3n) is 4.30. The Morgan fingerprint density at radius 1 is 1.29 bits per heavy atom. The Morgan fingerprint density at radius 3 is 2.67 bits per heavy atom. The molecule has 3 heterocycles. The van der Waals surface area contributed by atoms with Gasteiger partial charge in [0.1, 0.15) is 5.69 Å². The van der Waals surface area contributed by atoms with E-state index in [1.807, 2.05) is 24.3 Å². The van der Waals surface area contributed by atoms with Crippen LogP contribution in [0.2, 0.25) is 0 Å². The maximum Gasteiger partial charge on any atom is 0.223 e. The maximum absolute atomic E-state index is 12.2. The molecule has 128 valence electrons. The van der Waals surface area contributed by atoms with E-state index >= 15 is 0 Å². The molecule has 0 spiro atoms. The Bertz CT molecular complexity index is 644. The van der Waals surface area contributed by atoms with Gasteiger partial charge in [0.05, 0.1) is 6.26 Å². The van der Waals surface area contributed by atoms with Crippen LogP contribution in [0.1, 0.15) is 26.7 Å². The number of rotatable bonds is 5. The minimum atomic E-state index is 0.107. The van der Waals surface area contributed by atoms with Gasteiger partial charge in [0.25, 0.3) is 0 Å². The van der Waals surface area contributed by atoms with Gasteiger partial charge < -0.3 is 14.6 Å². The van der Waals surface area contributed by atoms with Crippen molar-refractivity contribution >= 4 is 11.7 Å². The molecule has 6 heteroatoms. The summed E-state index contributed by atoms with van der Waals surface area (Å²) < 4.78 is 5.32. The number of aromatic nitrogens is 2. The van der Waals surface area contributed by atoms with Crippen molar-refractivity contribution < 1.29 is 9.21 Å². The van der Waals surface area contributed by atoms with Crippen LogP contribution in [0.25, 0.3) is 11.5 Å². The predicted octanol–water partition coefficient (Wildman–Crippen LogP) is 2.73. The van der Waals surface area contributed by atoms with Gasteiger partial charge >= 0.3 is 0 Å². The van der Waals surface area contributed by atoms with Crippen LogP contribution in [0.15, 0.2) is 34.9 Å². The number of nitrogens with zero attached hydrogens (tertiary/aromatic N) is 3. The van der Waals surface area contributed by atoms with Crippen LogP contribution < -0.4 is 10.2 Å². The molecule has 0 unspecified atom stereocenters. The highest BCUT2D eigenvalue weighted by atomic mass is 16.3. The van der Waals surface area contributed by atoms with Crippen molar-refractivity contribution in [2.24, 2.45) is 11.8 Å². The van der Waals surface area contributed by atoms with E-state index in [9.17, 15) is 4.79 Å². The number of amides is 1. The molecule has 24 heavy (non-hydrogen) atoms. The monoisotopic (exact) mass is 328 g/mol. The van der Waals surface area contributed by atoms with Gasteiger partial charge in [0.2, 0.25) is 5.91 Å². The van der Waals surface area contributed by atoms with Crippen molar-refractivity contribution in [1.29, 1.82) is 0 Å². The lowest BCUT2D eigenvalue weighted by molar-refractivity contribution is -0.125. The molecule has 1 amide bonds. The van der Waals surface area contributed by atoms with E-state index in [0.29, 0.717) is 5.92 Å². The lowest BCUT2D eigenvalue weighted by Crippen LogP contribution is -2.41. The summed E-state index contributed by atoms with van der Waals surface area (Å²) in [4.78, 5) is 14.3. The van der Waals surface area contributed by atoms with Gasteiger partial charge in [-0.15, -0.1) is 10.2 Å². The van der Waals surface area contributed by atoms with Gasteiger partial charge in [0, 0.05) is 25.6 Å². The predicted molar refractivity (Wildman–Crippen MR) is 92.5 cm³/mol. The zero-order valence-corrected chi connectivity index (χ0v) is 14.2. The molecule has 1 aliphatic heterocycles. The largest absolute Gasteiger partial charge is 0.463 e. The van der Waals surface area contributed by atoms with E-state index in [1.165, 1.54) is 0 Å². The number of hydrogen-bond acceptors (Lipinski definition) is 5. The van der Waals surface area contributed by atoms with Crippen molar-refractivity contribution in [3.8, 4) is 11.5 Å². The lowest BCUT2D eigenvalue weighted by atomic mass is 9.95. The summed E-state index contributed by atoms with van der Waals surface area (Å²) in [5, 5.41) is 11.6. The van der Waals surface area contributed by atoms with Crippen LogP contribution in [0.3, 0.4) is 0 Å². The lowest BCUT2D eigenvalue weighted by Gasteiger charge is -2.32. The molecular weight excluding hydrogens is 304 g/mol. The Balaban J connectivity index is 1.54. The number of carbonyl (C=O) groups is 1. The highest BCUT2D eigenvalue weighted by molar-refractivity contribution is 5.79. The standard InChI is InChI=1S/C18H24N4O2/c1-13(2)12-19-18(23)14-7-9-22(10-8-14)17-6-5-15(20-21-17)16-4-3-11-24-16/h3-6,11,13-14H,7-10,12H2,1-2H3,(H,19,23). The van der Waals surface area contributed by atoms with Crippen LogP contribution in [0.5, 0.6) is 0 Å². The summed E-state index contributed by atoms with van der Waals surface area (Å²) >= 11 is 0. The molecule has 1 fully saturated rings. The van der Waals surface area contributed by atoms with Gasteiger partial charge in [0.15, 0.2) is 11.6 Å². The molecule has 0 aromatic carbocycles. The van der Waals surface area contributed by atoms with Gasteiger partial charge in [-0.2, -0.15) is 0 Å². The summed E-state index contributed by atoms with van der Waals surface area (Å²) in [6.45, 7) is 6.61. The number of anilines is 1. The number of carbonyl (C=O) groups excluding carboxylic acids is 1. The Labute approximate surface area is 142 Å². The van der Waals surface area contributed by atoms with E-state index in [1.54, 1.807) is 6.26 Å². The molecule has 0 radical (unpaired) electrons. The quantitative estimate of drug-likeness (QED) is 0.914. The first-order chi connectivity index (χ1) is 11.6. The van der Waals surface area contributed by atoms with Crippen LogP contribution in [-0.2, 0) is 4.79 Å². The highest BCUT2D eigenvalue weighted by Crippen LogP contribution is 2.23. The zero-order valence-electron chi connectivity index (χ0n) is 14.2. The minimum Gasteiger partial charge on any atom is -0.463 e. The van der Waals surface area contributed by atoms with E-state index < -0.39 is 0 Å². The molecule has 0 saturated carbocycles. The topological polar surface area (TPSA) is 71.3 Å². The average Bonchev–Trinajstić information content (AvgIpc) is 3.14. The van der Waals surface area contributed by atoms with Gasteiger partial charge in [-0.3, -0.25) is 4.79 Å². The zero-order chi connectivity index (χ0) is 16.9. The van der Waals surface area contributed by atoms with Crippen LogP contribution in [0.4, 0.5) is 5.82 Å². The summed E-state index contributed by atoms with van der Waals surface area (Å²) in [5.74, 6) is 2.34. The summed E-state index contributed by atoms with van der Waals surface area (Å²) in [6.07, 6.45) is 3.33. The van der Waals surface area contributed by atoms with Crippen LogP contribution >= 0.6 is 0 Å². The molecular formula is C18H24N4O2. The molecule has 1 N–H and O–H groups in total. The van der Waals surface area contributed by atoms with Crippen molar-refractivity contribution in [2.75, 3.05) is 24.5 Å². The first-order valence-corrected chi connectivity index (χ1v) is 8.53. The number of hydrogen-bond donors (Lipinski definition) is 1. The smallest absolute Gasteiger partial charge is 0.223 e. The van der Waals surface area contributed by atoms with Crippen molar-refractivity contribution in [3.05, 3.63) is 30.5 Å². The fourth-order valence-electron chi connectivity index (χ4n) is 2.87. The van der Waals surface area contributed by atoms with Gasteiger partial charge in [-0.1, -0.05) is 13.8 Å².